The summed E-state index contributed by atoms with van der Waals surface area (Å²) in [6.45, 7) is 5.98. The zero-order valence-corrected chi connectivity index (χ0v) is 19.3. The summed E-state index contributed by atoms with van der Waals surface area (Å²) >= 11 is 0. The van der Waals surface area contributed by atoms with Gasteiger partial charge in [-0.25, -0.2) is 8.42 Å². The zero-order valence-electron chi connectivity index (χ0n) is 18.4. The van der Waals surface area contributed by atoms with Crippen LogP contribution in [0.15, 0.2) is 71.9 Å². The molecular weight excluding hydrogens is 424 g/mol. The summed E-state index contributed by atoms with van der Waals surface area (Å²) in [5.41, 5.74) is 3.28. The molecule has 1 fully saturated rings. The molecule has 0 radical (unpaired) electrons. The van der Waals surface area contributed by atoms with E-state index in [4.69, 9.17) is 4.74 Å². The van der Waals surface area contributed by atoms with Crippen molar-refractivity contribution in [2.75, 3.05) is 29.8 Å². The minimum Gasteiger partial charge on any atom is -0.495 e. The highest BCUT2D eigenvalue weighted by Crippen LogP contribution is 2.32. The Labute approximate surface area is 189 Å². The molecular formula is C24H28N4O3S. The van der Waals surface area contributed by atoms with Gasteiger partial charge in [-0.2, -0.15) is 0 Å². The van der Waals surface area contributed by atoms with Crippen LogP contribution in [0.4, 0.5) is 11.4 Å². The lowest BCUT2D eigenvalue weighted by Gasteiger charge is -2.38. The maximum atomic E-state index is 13.1. The third-order valence-electron chi connectivity index (χ3n) is 5.53. The number of nitrogens with one attached hydrogen (secondary N) is 2. The largest absolute Gasteiger partial charge is 0.495 e. The van der Waals surface area contributed by atoms with Crippen molar-refractivity contribution in [1.82, 2.24) is 10.3 Å². The molecule has 1 saturated heterocycles. The molecule has 2 N–H and O–H groups in total. The van der Waals surface area contributed by atoms with Crippen molar-refractivity contribution in [2.24, 2.45) is 0 Å². The number of piperazine rings is 1. The highest BCUT2D eigenvalue weighted by Gasteiger charge is 2.23. The lowest BCUT2D eigenvalue weighted by molar-refractivity contribution is 0.406. The van der Waals surface area contributed by atoms with Crippen molar-refractivity contribution in [1.29, 1.82) is 0 Å². The van der Waals surface area contributed by atoms with Crippen LogP contribution in [-0.4, -0.2) is 45.7 Å². The monoisotopic (exact) mass is 452 g/mol. The molecule has 0 saturated carbocycles. The van der Waals surface area contributed by atoms with Crippen LogP contribution in [0.25, 0.3) is 11.1 Å². The van der Waals surface area contributed by atoms with E-state index in [1.54, 1.807) is 42.7 Å². The molecule has 2 atom stereocenters. The molecule has 7 nitrogen and oxygen atoms in total. The normalized spacial score (nSPS) is 18.9. The number of aromatic nitrogens is 1. The third kappa shape index (κ3) is 4.87. The van der Waals surface area contributed by atoms with Gasteiger partial charge >= 0.3 is 0 Å². The molecule has 0 amide bonds. The van der Waals surface area contributed by atoms with Crippen molar-refractivity contribution >= 4 is 21.4 Å². The first kappa shape index (κ1) is 22.1. The second-order valence-corrected chi connectivity index (χ2v) is 9.81. The first-order valence-electron chi connectivity index (χ1n) is 10.6. The van der Waals surface area contributed by atoms with Gasteiger partial charge in [0, 0.05) is 43.3 Å². The van der Waals surface area contributed by atoms with E-state index in [0.29, 0.717) is 23.5 Å². The van der Waals surface area contributed by atoms with Crippen LogP contribution in [-0.2, 0) is 10.0 Å². The fourth-order valence-corrected chi connectivity index (χ4v) is 5.15. The molecule has 1 aliphatic heterocycles. The van der Waals surface area contributed by atoms with Crippen molar-refractivity contribution in [2.45, 2.75) is 30.8 Å². The van der Waals surface area contributed by atoms with E-state index >= 15 is 0 Å². The van der Waals surface area contributed by atoms with Gasteiger partial charge in [-0.15, -0.1) is 0 Å². The molecule has 32 heavy (non-hydrogen) atoms. The molecule has 2 aromatic carbocycles. The fourth-order valence-electron chi connectivity index (χ4n) is 4.08. The number of hydrogen-bond donors (Lipinski definition) is 2. The average Bonchev–Trinajstić information content (AvgIpc) is 2.79. The topological polar surface area (TPSA) is 83.6 Å². The first-order valence-corrected chi connectivity index (χ1v) is 12.1. The Morgan fingerprint density at radius 1 is 0.969 bits per heavy atom. The molecule has 1 aromatic heterocycles. The SMILES string of the molecule is COc1ccc(N2C[C@@H](C)N[C@@H](C)C2)cc1NS(=O)(=O)c1ccc(-c2ccncc2)cc1. The van der Waals surface area contributed by atoms with Crippen LogP contribution in [0, 0.1) is 0 Å². The Hall–Kier alpha value is -3.10. The van der Waals surface area contributed by atoms with Gasteiger partial charge < -0.3 is 15.0 Å². The quantitative estimate of drug-likeness (QED) is 0.593. The van der Waals surface area contributed by atoms with E-state index in [9.17, 15) is 8.42 Å². The summed E-state index contributed by atoms with van der Waals surface area (Å²) in [6.07, 6.45) is 3.42. The van der Waals surface area contributed by atoms with Crippen molar-refractivity contribution < 1.29 is 13.2 Å². The van der Waals surface area contributed by atoms with E-state index in [1.807, 2.05) is 24.3 Å². The molecule has 4 rings (SSSR count). The van der Waals surface area contributed by atoms with Gasteiger partial charge in [-0.1, -0.05) is 12.1 Å². The van der Waals surface area contributed by atoms with E-state index in [1.165, 1.54) is 7.11 Å². The number of hydrogen-bond acceptors (Lipinski definition) is 6. The highest BCUT2D eigenvalue weighted by atomic mass is 32.2. The van der Waals surface area contributed by atoms with Crippen LogP contribution in [0.5, 0.6) is 5.75 Å². The highest BCUT2D eigenvalue weighted by molar-refractivity contribution is 7.92. The molecule has 3 aromatic rings. The van der Waals surface area contributed by atoms with Crippen LogP contribution in [0.3, 0.4) is 0 Å². The Balaban J connectivity index is 1.59. The third-order valence-corrected chi connectivity index (χ3v) is 6.91. The fraction of sp³-hybridized carbons (Fsp3) is 0.292. The molecule has 0 unspecified atom stereocenters. The molecule has 168 valence electrons. The second-order valence-electron chi connectivity index (χ2n) is 8.12. The second kappa shape index (κ2) is 9.18. The molecule has 0 bridgehead atoms. The average molecular weight is 453 g/mol. The summed E-state index contributed by atoms with van der Waals surface area (Å²) in [6, 6.07) is 16.9. The standard InChI is InChI=1S/C24H28N4O3S/c1-17-15-28(16-18(2)26-17)21-6-9-24(31-3)23(14-21)27-32(29,30)22-7-4-19(5-8-22)20-10-12-25-13-11-20/h4-14,17-18,26-27H,15-16H2,1-3H3/t17-,18+. The molecule has 1 aliphatic rings. The Morgan fingerprint density at radius 3 is 2.22 bits per heavy atom. The van der Waals surface area contributed by atoms with Crippen LogP contribution in [0.1, 0.15) is 13.8 Å². The van der Waals surface area contributed by atoms with Gasteiger partial charge in [0.1, 0.15) is 5.75 Å². The van der Waals surface area contributed by atoms with Crippen LogP contribution < -0.4 is 19.7 Å². The van der Waals surface area contributed by atoms with Gasteiger partial charge in [0.05, 0.1) is 17.7 Å². The summed E-state index contributed by atoms with van der Waals surface area (Å²) in [5.74, 6) is 0.474. The van der Waals surface area contributed by atoms with E-state index in [2.05, 4.69) is 33.8 Å². The van der Waals surface area contributed by atoms with Crippen LogP contribution >= 0.6 is 0 Å². The smallest absolute Gasteiger partial charge is 0.262 e. The van der Waals surface area contributed by atoms with E-state index < -0.39 is 10.0 Å². The van der Waals surface area contributed by atoms with Crippen molar-refractivity contribution in [3.8, 4) is 16.9 Å². The van der Waals surface area contributed by atoms with E-state index in [0.717, 1.165) is 29.9 Å². The van der Waals surface area contributed by atoms with Gasteiger partial charge in [-0.05, 0) is 67.4 Å². The number of pyridine rings is 1. The molecule has 0 aliphatic carbocycles. The minimum atomic E-state index is -3.79. The number of anilines is 2. The molecule has 2 heterocycles. The molecule has 8 heteroatoms. The van der Waals surface area contributed by atoms with Gasteiger partial charge in [-0.3, -0.25) is 9.71 Å². The number of nitrogens with zero attached hydrogens (tertiary/aromatic N) is 2. The van der Waals surface area contributed by atoms with Crippen molar-refractivity contribution in [3.63, 3.8) is 0 Å². The van der Waals surface area contributed by atoms with E-state index in [-0.39, 0.29) is 4.90 Å². The number of rotatable bonds is 6. The molecule has 0 spiro atoms. The summed E-state index contributed by atoms with van der Waals surface area (Å²) in [5, 5.41) is 3.51. The number of sulfonamides is 1. The lowest BCUT2D eigenvalue weighted by atomic mass is 10.1. The lowest BCUT2D eigenvalue weighted by Crippen LogP contribution is -2.54. The van der Waals surface area contributed by atoms with Crippen LogP contribution in [0.2, 0.25) is 0 Å². The number of ether oxygens (including phenoxy) is 1. The zero-order chi connectivity index (χ0) is 22.7. The number of benzene rings is 2. The Morgan fingerprint density at radius 2 is 1.59 bits per heavy atom. The van der Waals surface area contributed by atoms with Crippen molar-refractivity contribution in [3.05, 3.63) is 67.0 Å². The maximum absolute atomic E-state index is 13.1. The van der Waals surface area contributed by atoms with Gasteiger partial charge in [0.2, 0.25) is 0 Å². The predicted molar refractivity (Wildman–Crippen MR) is 128 cm³/mol. The maximum Gasteiger partial charge on any atom is 0.262 e. The Kier molecular flexibility index (Phi) is 6.34. The summed E-state index contributed by atoms with van der Waals surface area (Å²) in [7, 11) is -2.25. The summed E-state index contributed by atoms with van der Waals surface area (Å²) < 4.78 is 34.4. The Bertz CT molecular complexity index is 1160. The number of methoxy groups -OCH3 is 1. The van der Waals surface area contributed by atoms with Gasteiger partial charge in [0.25, 0.3) is 10.0 Å². The summed E-state index contributed by atoms with van der Waals surface area (Å²) in [4.78, 5) is 6.46. The predicted octanol–water partition coefficient (Wildman–Crippen LogP) is 3.74. The first-order chi connectivity index (χ1) is 15.4. The minimum absolute atomic E-state index is 0.187. The van der Waals surface area contributed by atoms with Gasteiger partial charge in [0.15, 0.2) is 0 Å².